The Morgan fingerprint density at radius 1 is 1.36 bits per heavy atom. The van der Waals surface area contributed by atoms with Gasteiger partial charge in [-0.05, 0) is 37.5 Å². The quantitative estimate of drug-likeness (QED) is 0.815. The van der Waals surface area contributed by atoms with Crippen molar-refractivity contribution < 1.29 is 0 Å². The van der Waals surface area contributed by atoms with Crippen LogP contribution in [0.15, 0.2) is 36.3 Å². The molecule has 1 aromatic rings. The maximum atomic E-state index is 9.53. The maximum absolute atomic E-state index is 9.53. The Labute approximate surface area is 131 Å². The minimum atomic E-state index is 0.337. The minimum absolute atomic E-state index is 0.337. The highest BCUT2D eigenvalue weighted by atomic mass is 15.1. The van der Waals surface area contributed by atoms with E-state index in [4.69, 9.17) is 0 Å². The fraction of sp³-hybridized carbons (Fsp3) is 0.353. The Balaban J connectivity index is 2.40. The van der Waals surface area contributed by atoms with Gasteiger partial charge >= 0.3 is 0 Å². The molecule has 0 radical (unpaired) electrons. The molecule has 0 atom stereocenters. The number of nitrogens with zero attached hydrogens (tertiary/aromatic N) is 3. The average molecular weight is 295 g/mol. The molecule has 2 heterocycles. The van der Waals surface area contributed by atoms with Crippen molar-refractivity contribution in [3.05, 3.63) is 47.6 Å². The zero-order valence-electron chi connectivity index (χ0n) is 13.2. The van der Waals surface area contributed by atoms with E-state index in [9.17, 15) is 5.26 Å². The van der Waals surface area contributed by atoms with Gasteiger partial charge in [0.05, 0.1) is 11.4 Å². The van der Waals surface area contributed by atoms with E-state index >= 15 is 0 Å². The van der Waals surface area contributed by atoms with Gasteiger partial charge in [0, 0.05) is 18.4 Å². The van der Waals surface area contributed by atoms with Crippen LogP contribution in [0.25, 0.3) is 5.57 Å². The number of rotatable bonds is 5. The summed E-state index contributed by atoms with van der Waals surface area (Å²) in [5.74, 6) is 0.568. The molecule has 22 heavy (non-hydrogen) atoms. The first-order chi connectivity index (χ1) is 10.7. The van der Waals surface area contributed by atoms with Crippen LogP contribution in [0.2, 0.25) is 0 Å². The van der Waals surface area contributed by atoms with E-state index in [1.165, 1.54) is 0 Å². The molecule has 0 bridgehead atoms. The topological polar surface area (TPSA) is 73.6 Å². The molecule has 5 nitrogen and oxygen atoms in total. The van der Waals surface area contributed by atoms with Gasteiger partial charge in [-0.1, -0.05) is 19.9 Å². The second kappa shape index (κ2) is 7.41. The van der Waals surface area contributed by atoms with Crippen LogP contribution in [0.5, 0.6) is 0 Å². The predicted octanol–water partition coefficient (Wildman–Crippen LogP) is 3.29. The van der Waals surface area contributed by atoms with Crippen LogP contribution in [-0.2, 0) is 0 Å². The third-order valence-corrected chi connectivity index (χ3v) is 3.62. The number of aromatic nitrogens is 2. The van der Waals surface area contributed by atoms with Crippen molar-refractivity contribution in [2.45, 2.75) is 39.7 Å². The van der Waals surface area contributed by atoms with Gasteiger partial charge in [0.2, 0.25) is 5.95 Å². The van der Waals surface area contributed by atoms with Gasteiger partial charge in [-0.3, -0.25) is 0 Å². The number of hydrogen-bond acceptors (Lipinski definition) is 5. The summed E-state index contributed by atoms with van der Waals surface area (Å²) in [4.78, 5) is 8.88. The molecule has 0 saturated carbocycles. The molecule has 1 aliphatic rings. The SMILES string of the molecule is CCC(CC)Nc1ncc(C)c(C(C#N)=C2C=CC=CN2)n1. The van der Waals surface area contributed by atoms with Crippen LogP contribution in [0, 0.1) is 18.3 Å². The third-order valence-electron chi connectivity index (χ3n) is 3.62. The Hall–Kier alpha value is -2.61. The van der Waals surface area contributed by atoms with Gasteiger partial charge in [0.1, 0.15) is 11.6 Å². The van der Waals surface area contributed by atoms with E-state index in [-0.39, 0.29) is 0 Å². The predicted molar refractivity (Wildman–Crippen MR) is 88.7 cm³/mol. The lowest BCUT2D eigenvalue weighted by molar-refractivity contribution is 0.664. The molecule has 0 spiro atoms. The van der Waals surface area contributed by atoms with E-state index < -0.39 is 0 Å². The average Bonchev–Trinajstić information content (AvgIpc) is 2.57. The number of dihydropyridines is 1. The molecular weight excluding hydrogens is 274 g/mol. The van der Waals surface area contributed by atoms with Crippen molar-refractivity contribution in [1.82, 2.24) is 15.3 Å². The lowest BCUT2D eigenvalue weighted by atomic mass is 10.1. The highest BCUT2D eigenvalue weighted by molar-refractivity contribution is 5.80. The zero-order chi connectivity index (χ0) is 15.9. The lowest BCUT2D eigenvalue weighted by Gasteiger charge is -2.16. The lowest BCUT2D eigenvalue weighted by Crippen LogP contribution is -2.19. The number of hydrogen-bond donors (Lipinski definition) is 2. The Bertz CT molecular complexity index is 660. The Morgan fingerprint density at radius 3 is 2.73 bits per heavy atom. The van der Waals surface area contributed by atoms with Gasteiger partial charge in [-0.25, -0.2) is 9.97 Å². The zero-order valence-corrected chi connectivity index (χ0v) is 13.2. The molecule has 2 rings (SSSR count). The van der Waals surface area contributed by atoms with Crippen molar-refractivity contribution in [1.29, 1.82) is 5.26 Å². The van der Waals surface area contributed by atoms with Crippen molar-refractivity contribution in [3.8, 4) is 6.07 Å². The summed E-state index contributed by atoms with van der Waals surface area (Å²) in [7, 11) is 0. The molecule has 0 aliphatic carbocycles. The van der Waals surface area contributed by atoms with Crippen molar-refractivity contribution >= 4 is 11.5 Å². The van der Waals surface area contributed by atoms with Crippen LogP contribution in [0.1, 0.15) is 37.9 Å². The van der Waals surface area contributed by atoms with Gasteiger partial charge < -0.3 is 10.6 Å². The molecule has 1 aromatic heterocycles. The van der Waals surface area contributed by atoms with E-state index in [2.05, 4.69) is 40.5 Å². The van der Waals surface area contributed by atoms with E-state index in [0.29, 0.717) is 23.3 Å². The van der Waals surface area contributed by atoms with E-state index in [0.717, 1.165) is 24.1 Å². The first-order valence-electron chi connectivity index (χ1n) is 7.54. The number of nitriles is 1. The molecule has 2 N–H and O–H groups in total. The first kappa shape index (κ1) is 15.8. The second-order valence-electron chi connectivity index (χ2n) is 5.15. The van der Waals surface area contributed by atoms with Crippen LogP contribution < -0.4 is 10.6 Å². The van der Waals surface area contributed by atoms with Gasteiger partial charge in [-0.15, -0.1) is 0 Å². The normalized spacial score (nSPS) is 15.4. The highest BCUT2D eigenvalue weighted by Crippen LogP contribution is 2.21. The largest absolute Gasteiger partial charge is 0.361 e. The maximum Gasteiger partial charge on any atom is 0.223 e. The fourth-order valence-corrected chi connectivity index (χ4v) is 2.23. The summed E-state index contributed by atoms with van der Waals surface area (Å²) in [5, 5.41) is 15.9. The summed E-state index contributed by atoms with van der Waals surface area (Å²) in [6, 6.07) is 2.59. The van der Waals surface area contributed by atoms with Crippen LogP contribution in [-0.4, -0.2) is 16.0 Å². The van der Waals surface area contributed by atoms with E-state index in [1.807, 2.05) is 25.2 Å². The third kappa shape index (κ3) is 3.53. The monoisotopic (exact) mass is 295 g/mol. The summed E-state index contributed by atoms with van der Waals surface area (Å²) >= 11 is 0. The molecule has 0 unspecified atom stereocenters. The molecule has 0 fully saturated rings. The molecule has 1 aliphatic heterocycles. The fourth-order valence-electron chi connectivity index (χ4n) is 2.23. The van der Waals surface area contributed by atoms with Crippen molar-refractivity contribution in [3.63, 3.8) is 0 Å². The molecular formula is C17H21N5. The van der Waals surface area contributed by atoms with Crippen LogP contribution in [0.4, 0.5) is 5.95 Å². The molecule has 0 saturated heterocycles. The molecule has 0 aromatic carbocycles. The summed E-state index contributed by atoms with van der Waals surface area (Å²) in [6.45, 7) is 6.17. The number of anilines is 1. The Kier molecular flexibility index (Phi) is 5.31. The number of aryl methyl sites for hydroxylation is 1. The number of allylic oxidation sites excluding steroid dienone is 4. The summed E-state index contributed by atoms with van der Waals surface area (Å²) in [5.41, 5.74) is 2.81. The molecule has 114 valence electrons. The van der Waals surface area contributed by atoms with Crippen molar-refractivity contribution in [2.75, 3.05) is 5.32 Å². The standard InChI is InChI=1S/C17H21N5/c1-4-13(5-2)21-17-20-11-12(3)16(22-17)14(10-18)15-8-6-7-9-19-15/h6-9,11,13,19H,4-5H2,1-3H3,(H,20,21,22). The van der Waals surface area contributed by atoms with Crippen LogP contribution >= 0.6 is 0 Å². The van der Waals surface area contributed by atoms with Gasteiger partial charge in [-0.2, -0.15) is 5.26 Å². The molecule has 5 heteroatoms. The second-order valence-corrected chi connectivity index (χ2v) is 5.15. The van der Waals surface area contributed by atoms with Crippen molar-refractivity contribution in [2.24, 2.45) is 0 Å². The number of nitrogens with one attached hydrogen (secondary N) is 2. The van der Waals surface area contributed by atoms with Gasteiger partial charge in [0.15, 0.2) is 0 Å². The van der Waals surface area contributed by atoms with Crippen LogP contribution in [0.3, 0.4) is 0 Å². The van der Waals surface area contributed by atoms with E-state index in [1.54, 1.807) is 12.4 Å². The smallest absolute Gasteiger partial charge is 0.223 e. The minimum Gasteiger partial charge on any atom is -0.361 e. The highest BCUT2D eigenvalue weighted by Gasteiger charge is 2.14. The van der Waals surface area contributed by atoms with Gasteiger partial charge in [0.25, 0.3) is 0 Å². The summed E-state index contributed by atoms with van der Waals surface area (Å²) < 4.78 is 0. The summed E-state index contributed by atoms with van der Waals surface area (Å²) in [6.07, 6.45) is 11.2. The molecule has 0 amide bonds. The Morgan fingerprint density at radius 2 is 2.14 bits per heavy atom. The first-order valence-corrected chi connectivity index (χ1v) is 7.54.